The van der Waals surface area contributed by atoms with Crippen LogP contribution in [0.5, 0.6) is 0 Å². The lowest BCUT2D eigenvalue weighted by molar-refractivity contribution is -0.161. The van der Waals surface area contributed by atoms with E-state index in [1.54, 1.807) is 0 Å². The van der Waals surface area contributed by atoms with Crippen molar-refractivity contribution in [2.24, 2.45) is 0 Å². The van der Waals surface area contributed by atoms with Gasteiger partial charge in [0.15, 0.2) is 12.2 Å². The second kappa shape index (κ2) is 42.2. The summed E-state index contributed by atoms with van der Waals surface area (Å²) in [6.07, 6.45) is 21.0. The highest BCUT2D eigenvalue weighted by molar-refractivity contribution is 7.47. The third kappa shape index (κ3) is 41.9. The maximum absolute atomic E-state index is 12.7. The Morgan fingerprint density at radius 2 is 0.615 bits per heavy atom. The lowest BCUT2D eigenvalue weighted by Crippen LogP contribution is -2.30. The highest BCUT2D eigenvalue weighted by Gasteiger charge is 2.30. The minimum Gasteiger partial charge on any atom is -0.462 e. The van der Waals surface area contributed by atoms with E-state index < -0.39 is 97.5 Å². The number of phosphoric acid groups is 2. The van der Waals surface area contributed by atoms with Crippen molar-refractivity contribution in [3.8, 4) is 0 Å². The highest BCUT2D eigenvalue weighted by Crippen LogP contribution is 2.45. The summed E-state index contributed by atoms with van der Waals surface area (Å²) in [7, 11) is -9.82. The molecule has 2 unspecified atom stereocenters. The Morgan fingerprint density at radius 3 is 0.923 bits per heavy atom. The predicted molar refractivity (Wildman–Crippen MR) is 248 cm³/mol. The van der Waals surface area contributed by atoms with E-state index in [0.29, 0.717) is 25.7 Å². The van der Waals surface area contributed by atoms with Crippen molar-refractivity contribution in [1.29, 1.82) is 0 Å². The molecule has 0 radical (unpaired) electrons. The molecule has 0 heterocycles. The normalized spacial score (nSPS) is 14.8. The highest BCUT2D eigenvalue weighted by atomic mass is 31.2. The van der Waals surface area contributed by atoms with Crippen LogP contribution in [0, 0.1) is 0 Å². The van der Waals surface area contributed by atoms with Gasteiger partial charge in [-0.05, 0) is 25.7 Å². The molecule has 5 atom stereocenters. The van der Waals surface area contributed by atoms with E-state index in [2.05, 4.69) is 13.8 Å². The first-order valence-electron chi connectivity index (χ1n) is 24.8. The minimum atomic E-state index is -4.91. The Labute approximate surface area is 390 Å². The fourth-order valence-corrected chi connectivity index (χ4v) is 8.03. The van der Waals surface area contributed by atoms with E-state index in [0.717, 1.165) is 89.9 Å². The molecule has 384 valence electrons. The lowest BCUT2D eigenvalue weighted by atomic mass is 10.1. The molecule has 0 saturated heterocycles. The zero-order chi connectivity index (χ0) is 48.4. The van der Waals surface area contributed by atoms with Crippen LogP contribution in [0.2, 0.25) is 0 Å². The average molecular weight is 975 g/mol. The number of hydrogen-bond donors (Lipinski definition) is 3. The van der Waals surface area contributed by atoms with Gasteiger partial charge in [0.1, 0.15) is 19.3 Å². The molecule has 3 N–H and O–H groups in total. The zero-order valence-corrected chi connectivity index (χ0v) is 42.2. The van der Waals surface area contributed by atoms with Crippen molar-refractivity contribution in [2.75, 3.05) is 39.6 Å². The first-order chi connectivity index (χ1) is 31.2. The van der Waals surface area contributed by atoms with Gasteiger partial charge in [-0.15, -0.1) is 0 Å². The summed E-state index contributed by atoms with van der Waals surface area (Å²) in [6.45, 7) is 4.45. The van der Waals surface area contributed by atoms with Gasteiger partial charge in [0, 0.05) is 25.7 Å². The Kier molecular flexibility index (Phi) is 40.9. The molecule has 0 aromatic rings. The van der Waals surface area contributed by atoms with Gasteiger partial charge < -0.3 is 33.8 Å². The molecule has 0 aromatic heterocycles. The number of carbonyl (C=O) groups excluding carboxylic acids is 4. The van der Waals surface area contributed by atoms with Gasteiger partial charge in [0.05, 0.1) is 26.4 Å². The minimum absolute atomic E-state index is 0.0957. The molecule has 17 nitrogen and oxygen atoms in total. The molecule has 0 aromatic carbocycles. The van der Waals surface area contributed by atoms with E-state index in [4.69, 9.17) is 37.0 Å². The van der Waals surface area contributed by atoms with Crippen LogP contribution in [-0.4, -0.2) is 96.7 Å². The average Bonchev–Trinajstić information content (AvgIpc) is 3.27. The molecule has 19 heteroatoms. The third-order valence-corrected chi connectivity index (χ3v) is 12.3. The molecule has 0 aliphatic heterocycles. The summed E-state index contributed by atoms with van der Waals surface area (Å²) in [4.78, 5) is 70.5. The van der Waals surface area contributed by atoms with Crippen LogP contribution in [0.25, 0.3) is 0 Å². The van der Waals surface area contributed by atoms with Crippen LogP contribution in [0.1, 0.15) is 214 Å². The first kappa shape index (κ1) is 63.1. The second-order valence-corrected chi connectivity index (χ2v) is 19.7. The summed E-state index contributed by atoms with van der Waals surface area (Å²) in [5, 5.41) is 10.3. The van der Waals surface area contributed by atoms with Crippen molar-refractivity contribution in [2.45, 2.75) is 232 Å². The first-order valence-corrected chi connectivity index (χ1v) is 27.8. The molecule has 0 spiro atoms. The van der Waals surface area contributed by atoms with Gasteiger partial charge in [-0.1, -0.05) is 163 Å². The van der Waals surface area contributed by atoms with E-state index >= 15 is 0 Å². The Morgan fingerprint density at radius 1 is 0.369 bits per heavy atom. The van der Waals surface area contributed by atoms with Crippen LogP contribution in [0.15, 0.2) is 0 Å². The van der Waals surface area contributed by atoms with Crippen LogP contribution in [-0.2, 0) is 65.4 Å². The molecule has 0 rings (SSSR count). The number of hydrogen-bond acceptors (Lipinski definition) is 15. The Balaban J connectivity index is 5.07. The van der Waals surface area contributed by atoms with Gasteiger partial charge in [0.25, 0.3) is 0 Å². The van der Waals surface area contributed by atoms with Crippen molar-refractivity contribution >= 4 is 39.5 Å². The maximum atomic E-state index is 12.7. The van der Waals surface area contributed by atoms with Crippen LogP contribution in [0.4, 0.5) is 0 Å². The predicted octanol–water partition coefficient (Wildman–Crippen LogP) is 10.9. The van der Waals surface area contributed by atoms with Gasteiger partial charge in [0.2, 0.25) is 0 Å². The number of esters is 4. The molecule has 0 aliphatic carbocycles. The van der Waals surface area contributed by atoms with Crippen molar-refractivity contribution in [1.82, 2.24) is 0 Å². The van der Waals surface area contributed by atoms with Crippen molar-refractivity contribution in [3.63, 3.8) is 0 Å². The molecule has 0 fully saturated rings. The summed E-state index contributed by atoms with van der Waals surface area (Å²) in [6, 6.07) is 0. The fraction of sp³-hybridized carbons (Fsp3) is 0.913. The van der Waals surface area contributed by atoms with Gasteiger partial charge in [-0.2, -0.15) is 0 Å². The molecule has 0 bridgehead atoms. The standard InChI is InChI=1S/C46H88O17P2/c1-5-9-13-17-19-21-23-25-29-33-46(51)63-42(36-56-43(48)30-26-15-11-7-3)39-61-65(54,55)59-35-40(47)34-58-64(52,53)60-38-41(62-45(50)32-27-16-12-8-4)37-57-44(49)31-28-24-22-20-18-14-10-6-2/h40-42,47H,5-39H2,1-4H3,(H,52,53)(H,54,55)/t40-,41+,42+/m0/s1. The molecule has 0 amide bonds. The van der Waals surface area contributed by atoms with E-state index in [1.807, 2.05) is 13.8 Å². The SMILES string of the molecule is CCCCCCCCCCCC(=O)O[C@H](COC(=O)CCCCCC)COP(=O)(O)OC[C@@H](O)COP(=O)(O)OC[C@@H](COC(=O)CCCCCCCCCC)OC(=O)CCCCCC. The van der Waals surface area contributed by atoms with Crippen LogP contribution >= 0.6 is 15.6 Å². The number of aliphatic hydroxyl groups excluding tert-OH is 1. The van der Waals surface area contributed by atoms with E-state index in [-0.39, 0.29) is 25.7 Å². The zero-order valence-electron chi connectivity index (χ0n) is 40.4. The largest absolute Gasteiger partial charge is 0.472 e. The van der Waals surface area contributed by atoms with Gasteiger partial charge >= 0.3 is 39.5 Å². The van der Waals surface area contributed by atoms with Crippen LogP contribution < -0.4 is 0 Å². The molecular formula is C46H88O17P2. The summed E-state index contributed by atoms with van der Waals surface area (Å²) in [5.41, 5.74) is 0. The number of unbranched alkanes of at least 4 members (excludes halogenated alkanes) is 21. The van der Waals surface area contributed by atoms with E-state index in [1.165, 1.54) is 44.9 Å². The third-order valence-electron chi connectivity index (χ3n) is 10.4. The molecule has 0 saturated carbocycles. The number of rotatable bonds is 47. The monoisotopic (exact) mass is 975 g/mol. The van der Waals surface area contributed by atoms with Crippen molar-refractivity contribution in [3.05, 3.63) is 0 Å². The van der Waals surface area contributed by atoms with Gasteiger partial charge in [-0.3, -0.25) is 37.3 Å². The summed E-state index contributed by atoms with van der Waals surface area (Å²) >= 11 is 0. The Bertz CT molecular complexity index is 1300. The smallest absolute Gasteiger partial charge is 0.462 e. The molecular weight excluding hydrogens is 886 g/mol. The number of aliphatic hydroxyl groups is 1. The molecule has 65 heavy (non-hydrogen) atoms. The van der Waals surface area contributed by atoms with Gasteiger partial charge in [-0.25, -0.2) is 9.13 Å². The molecule has 0 aliphatic rings. The van der Waals surface area contributed by atoms with Crippen LogP contribution in [0.3, 0.4) is 0 Å². The fourth-order valence-electron chi connectivity index (χ4n) is 6.45. The van der Waals surface area contributed by atoms with Crippen molar-refractivity contribution < 1.29 is 80.2 Å². The summed E-state index contributed by atoms with van der Waals surface area (Å²) in [5.74, 6) is -2.20. The maximum Gasteiger partial charge on any atom is 0.472 e. The summed E-state index contributed by atoms with van der Waals surface area (Å²) < 4.78 is 66.5. The lowest BCUT2D eigenvalue weighted by Gasteiger charge is -2.21. The Hall–Kier alpha value is -1.94. The number of phosphoric ester groups is 2. The van der Waals surface area contributed by atoms with E-state index in [9.17, 15) is 43.2 Å². The quantitative estimate of drug-likeness (QED) is 0.0222. The second-order valence-electron chi connectivity index (χ2n) is 16.8. The topological polar surface area (TPSA) is 237 Å². The number of carbonyl (C=O) groups is 4. The number of ether oxygens (including phenoxy) is 4.